The number of aliphatic imine (C=N–C) groups is 1. The molecule has 0 radical (unpaired) electrons. The highest BCUT2D eigenvalue weighted by atomic mass is 32.2. The number of rotatable bonds is 4. The number of azo groups is 1. The van der Waals surface area contributed by atoms with Crippen LogP contribution >= 0.6 is 11.8 Å². The number of hydrogen-bond donors (Lipinski definition) is 1. The lowest BCUT2D eigenvalue weighted by Crippen LogP contribution is -1.79. The minimum absolute atomic E-state index is 0.438. The van der Waals surface area contributed by atoms with Gasteiger partial charge in [0.25, 0.3) is 0 Å². The summed E-state index contributed by atoms with van der Waals surface area (Å²) in [4.78, 5) is 5.27. The molecule has 0 amide bonds. The quantitative estimate of drug-likeness (QED) is 0.501. The van der Waals surface area contributed by atoms with Crippen LogP contribution in [0.5, 0.6) is 0 Å². The van der Waals surface area contributed by atoms with E-state index in [2.05, 4.69) is 52.7 Å². The fraction of sp³-hybridized carbons (Fsp3) is 0.200. The summed E-state index contributed by atoms with van der Waals surface area (Å²) >= 11 is 1.78. The molecule has 1 aromatic carbocycles. The third kappa shape index (κ3) is 6.80. The van der Waals surface area contributed by atoms with Crippen LogP contribution in [0.4, 0.5) is 0 Å². The Hall–Kier alpha value is -2.01. The fourth-order valence-corrected chi connectivity index (χ4v) is 1.67. The molecule has 4 nitrogen and oxygen atoms in total. The number of thioether (sulfide) groups is 1. The maximum absolute atomic E-state index is 6.67. The maximum atomic E-state index is 6.67. The van der Waals surface area contributed by atoms with E-state index in [9.17, 15) is 0 Å². The molecule has 0 bridgehead atoms. The van der Waals surface area contributed by atoms with Gasteiger partial charge in [0.1, 0.15) is 0 Å². The van der Waals surface area contributed by atoms with Crippen molar-refractivity contribution in [1.82, 2.24) is 0 Å². The lowest BCUT2D eigenvalue weighted by Gasteiger charge is -1.93. The van der Waals surface area contributed by atoms with Gasteiger partial charge >= 0.3 is 0 Å². The monoisotopic (exact) mass is 286 g/mol. The van der Waals surface area contributed by atoms with Crippen molar-refractivity contribution in [1.29, 1.82) is 5.41 Å². The summed E-state index contributed by atoms with van der Waals surface area (Å²) in [5, 5.41) is 14.1. The highest BCUT2D eigenvalue weighted by Gasteiger charge is 1.93. The van der Waals surface area contributed by atoms with Crippen molar-refractivity contribution in [3.8, 4) is 0 Å². The second kappa shape index (κ2) is 9.86. The molecule has 0 unspecified atom stereocenters. The Morgan fingerprint density at radius 2 is 1.90 bits per heavy atom. The molecule has 1 N–H and O–H groups in total. The zero-order chi connectivity index (χ0) is 14.6. The van der Waals surface area contributed by atoms with Crippen molar-refractivity contribution >= 4 is 23.8 Å². The van der Waals surface area contributed by atoms with Crippen LogP contribution in [0.2, 0.25) is 0 Å². The SMILES string of the molecule is CSc1ccc(C)cc1.N=C/C=C\C=C\C1=NCN=N1. The second-order valence-electron chi connectivity index (χ2n) is 3.83. The number of hydrogen-bond acceptors (Lipinski definition) is 5. The van der Waals surface area contributed by atoms with Gasteiger partial charge in [-0.1, -0.05) is 29.8 Å². The van der Waals surface area contributed by atoms with Gasteiger partial charge in [0.05, 0.1) is 0 Å². The Labute approximate surface area is 123 Å². The van der Waals surface area contributed by atoms with E-state index >= 15 is 0 Å². The molecule has 0 aromatic heterocycles. The number of aryl methyl sites for hydroxylation is 1. The van der Waals surface area contributed by atoms with E-state index in [1.165, 1.54) is 16.7 Å². The molecule has 0 spiro atoms. The van der Waals surface area contributed by atoms with Gasteiger partial charge in [0.2, 0.25) is 0 Å². The first-order valence-electron chi connectivity index (χ1n) is 6.12. The normalized spacial score (nSPS) is 13.4. The minimum Gasteiger partial charge on any atom is -0.309 e. The van der Waals surface area contributed by atoms with Crippen LogP contribution in [0.25, 0.3) is 0 Å². The summed E-state index contributed by atoms with van der Waals surface area (Å²) in [6.07, 6.45) is 10.2. The van der Waals surface area contributed by atoms with Crippen LogP contribution in [-0.2, 0) is 0 Å². The van der Waals surface area contributed by atoms with Crippen LogP contribution in [0.15, 0.2) is 68.7 Å². The standard InChI is InChI=1S/C8H10S.C7H8N4/c1-7-3-5-8(9-2)6-4-7;8-5-3-1-2-4-7-9-6-10-11-7/h3-6H,1-2H3;1-5,8H,6H2/b;3-1-,4-2+,8-5?. The fourth-order valence-electron chi connectivity index (χ4n) is 1.26. The first-order chi connectivity index (χ1) is 9.76. The van der Waals surface area contributed by atoms with E-state index in [0.717, 1.165) is 0 Å². The summed E-state index contributed by atoms with van der Waals surface area (Å²) < 4.78 is 0. The van der Waals surface area contributed by atoms with Gasteiger partial charge in [0.15, 0.2) is 12.5 Å². The van der Waals surface area contributed by atoms with Crippen LogP contribution in [0.3, 0.4) is 0 Å². The lowest BCUT2D eigenvalue weighted by molar-refractivity contribution is 1.05. The van der Waals surface area contributed by atoms with Gasteiger partial charge in [-0.05, 0) is 37.5 Å². The van der Waals surface area contributed by atoms with E-state index in [-0.39, 0.29) is 0 Å². The smallest absolute Gasteiger partial charge is 0.171 e. The largest absolute Gasteiger partial charge is 0.309 e. The molecule has 1 aliphatic rings. The number of benzene rings is 1. The van der Waals surface area contributed by atoms with Crippen molar-refractivity contribution in [3.63, 3.8) is 0 Å². The Balaban J connectivity index is 0.000000204. The van der Waals surface area contributed by atoms with Gasteiger partial charge in [-0.2, -0.15) is 5.11 Å². The molecule has 5 heteroatoms. The van der Waals surface area contributed by atoms with Crippen LogP contribution < -0.4 is 0 Å². The third-order valence-electron chi connectivity index (χ3n) is 2.29. The molecule has 104 valence electrons. The van der Waals surface area contributed by atoms with Gasteiger partial charge in [-0.15, -0.1) is 16.9 Å². The lowest BCUT2D eigenvalue weighted by atomic mass is 10.2. The predicted molar refractivity (Wildman–Crippen MR) is 87.2 cm³/mol. The Kier molecular flexibility index (Phi) is 7.91. The molecular weight excluding hydrogens is 268 g/mol. The first-order valence-corrected chi connectivity index (χ1v) is 7.35. The van der Waals surface area contributed by atoms with E-state index in [0.29, 0.717) is 12.5 Å². The third-order valence-corrected chi connectivity index (χ3v) is 3.03. The molecule has 0 saturated carbocycles. The molecule has 0 fully saturated rings. The first kappa shape index (κ1) is 16.0. The summed E-state index contributed by atoms with van der Waals surface area (Å²) in [6, 6.07) is 8.54. The van der Waals surface area contributed by atoms with E-state index in [4.69, 9.17) is 5.41 Å². The van der Waals surface area contributed by atoms with Crippen molar-refractivity contribution in [2.24, 2.45) is 15.2 Å². The zero-order valence-corrected chi connectivity index (χ0v) is 12.5. The number of nitrogens with zero attached hydrogens (tertiary/aromatic N) is 3. The van der Waals surface area contributed by atoms with Gasteiger partial charge in [-0.3, -0.25) is 0 Å². The molecule has 1 aromatic rings. The molecule has 2 rings (SSSR count). The highest BCUT2D eigenvalue weighted by molar-refractivity contribution is 7.98. The number of allylic oxidation sites excluding steroid dienone is 3. The molecule has 1 heterocycles. The van der Waals surface area contributed by atoms with Gasteiger partial charge < -0.3 is 5.41 Å². The number of amidine groups is 1. The summed E-state index contributed by atoms with van der Waals surface area (Å²) in [7, 11) is 0. The van der Waals surface area contributed by atoms with Crippen molar-refractivity contribution in [2.75, 3.05) is 12.9 Å². The Morgan fingerprint density at radius 1 is 1.15 bits per heavy atom. The second-order valence-corrected chi connectivity index (χ2v) is 4.71. The molecular formula is C15H18N4S. The number of nitrogens with one attached hydrogen (secondary N) is 1. The van der Waals surface area contributed by atoms with E-state index < -0.39 is 0 Å². The summed E-state index contributed by atoms with van der Waals surface area (Å²) in [5.41, 5.74) is 1.33. The molecule has 20 heavy (non-hydrogen) atoms. The average molecular weight is 286 g/mol. The van der Waals surface area contributed by atoms with E-state index in [1.54, 1.807) is 36.1 Å². The average Bonchev–Trinajstić information content (AvgIpc) is 2.98. The van der Waals surface area contributed by atoms with Crippen molar-refractivity contribution in [3.05, 3.63) is 54.1 Å². The molecule has 0 atom stereocenters. The van der Waals surface area contributed by atoms with E-state index in [1.807, 2.05) is 0 Å². The van der Waals surface area contributed by atoms with Gasteiger partial charge in [0, 0.05) is 11.1 Å². The van der Waals surface area contributed by atoms with Gasteiger partial charge in [-0.25, -0.2) is 4.99 Å². The summed E-state index contributed by atoms with van der Waals surface area (Å²) in [6.45, 7) is 2.54. The highest BCUT2D eigenvalue weighted by Crippen LogP contribution is 2.13. The maximum Gasteiger partial charge on any atom is 0.171 e. The van der Waals surface area contributed by atoms with Crippen LogP contribution in [0.1, 0.15) is 5.56 Å². The Bertz CT molecular complexity index is 527. The minimum atomic E-state index is 0.438. The topological polar surface area (TPSA) is 60.9 Å². The van der Waals surface area contributed by atoms with Crippen LogP contribution in [-0.4, -0.2) is 25.0 Å². The van der Waals surface area contributed by atoms with Crippen molar-refractivity contribution in [2.45, 2.75) is 11.8 Å². The van der Waals surface area contributed by atoms with Crippen molar-refractivity contribution < 1.29 is 0 Å². The Morgan fingerprint density at radius 3 is 2.45 bits per heavy atom. The zero-order valence-electron chi connectivity index (χ0n) is 11.7. The predicted octanol–water partition coefficient (Wildman–Crippen LogP) is 4.29. The van der Waals surface area contributed by atoms with Crippen LogP contribution in [0, 0.1) is 12.3 Å². The molecule has 0 saturated heterocycles. The molecule has 1 aliphatic heterocycles. The molecule has 0 aliphatic carbocycles. The summed E-state index contributed by atoms with van der Waals surface area (Å²) in [5.74, 6) is 0.639.